The zero-order valence-electron chi connectivity index (χ0n) is 11.2. The molecule has 0 N–H and O–H groups in total. The Balaban J connectivity index is 1.91. The third-order valence-electron chi connectivity index (χ3n) is 3.28. The number of ether oxygens (including phenoxy) is 1. The van der Waals surface area contributed by atoms with Gasteiger partial charge in [-0.05, 0) is 29.8 Å². The molecular weight excluding hydrogens is 310 g/mol. The molecule has 0 aromatic heterocycles. The van der Waals surface area contributed by atoms with Crippen LogP contribution in [0.3, 0.4) is 0 Å². The highest BCUT2D eigenvalue weighted by atomic mass is 35.5. The lowest BCUT2D eigenvalue weighted by molar-refractivity contribution is 0.316. The van der Waals surface area contributed by atoms with Crippen molar-refractivity contribution in [3.63, 3.8) is 0 Å². The van der Waals surface area contributed by atoms with Crippen LogP contribution in [0.5, 0.6) is 5.75 Å². The van der Waals surface area contributed by atoms with E-state index in [1.54, 1.807) is 42.5 Å². The molecule has 0 radical (unpaired) electrons. The summed E-state index contributed by atoms with van der Waals surface area (Å²) in [5.74, 6) is 0.543. The molecular formula is C15H14ClNO3S. The molecule has 4 nitrogen and oxygen atoms in total. The monoisotopic (exact) mass is 323 g/mol. The van der Waals surface area contributed by atoms with E-state index < -0.39 is 10.0 Å². The van der Waals surface area contributed by atoms with E-state index in [2.05, 4.69) is 0 Å². The minimum atomic E-state index is -3.45. The van der Waals surface area contributed by atoms with E-state index in [0.717, 1.165) is 0 Å². The average Bonchev–Trinajstić information content (AvgIpc) is 2.49. The molecule has 1 aliphatic heterocycles. The van der Waals surface area contributed by atoms with Crippen molar-refractivity contribution in [3.8, 4) is 5.75 Å². The molecule has 0 saturated heterocycles. The molecule has 0 fully saturated rings. The van der Waals surface area contributed by atoms with Crippen molar-refractivity contribution in [1.29, 1.82) is 0 Å². The Morgan fingerprint density at radius 2 is 1.81 bits per heavy atom. The first-order valence-electron chi connectivity index (χ1n) is 6.53. The number of nitrogens with zero attached hydrogens (tertiary/aromatic N) is 1. The van der Waals surface area contributed by atoms with Crippen LogP contribution in [0.2, 0.25) is 5.02 Å². The van der Waals surface area contributed by atoms with Crippen molar-refractivity contribution in [2.24, 2.45) is 0 Å². The Hall–Kier alpha value is -1.72. The van der Waals surface area contributed by atoms with Crippen LogP contribution in [-0.2, 0) is 15.8 Å². The minimum Gasteiger partial charge on any atom is -0.489 e. The largest absolute Gasteiger partial charge is 0.489 e. The summed E-state index contributed by atoms with van der Waals surface area (Å²) in [5, 5.41) is 0.591. The van der Waals surface area contributed by atoms with Crippen molar-refractivity contribution in [2.75, 3.05) is 17.5 Å². The van der Waals surface area contributed by atoms with Gasteiger partial charge < -0.3 is 4.74 Å². The number of para-hydroxylation sites is 2. The van der Waals surface area contributed by atoms with E-state index in [-0.39, 0.29) is 5.75 Å². The molecule has 0 amide bonds. The summed E-state index contributed by atoms with van der Waals surface area (Å²) in [7, 11) is -3.45. The van der Waals surface area contributed by atoms with E-state index >= 15 is 0 Å². The van der Waals surface area contributed by atoms with Crippen LogP contribution in [0.25, 0.3) is 0 Å². The van der Waals surface area contributed by atoms with Crippen LogP contribution < -0.4 is 9.04 Å². The van der Waals surface area contributed by atoms with Gasteiger partial charge in [0.05, 0.1) is 18.0 Å². The lowest BCUT2D eigenvalue weighted by atomic mass is 10.2. The van der Waals surface area contributed by atoms with E-state index in [1.807, 2.05) is 6.07 Å². The first kappa shape index (κ1) is 14.2. The lowest BCUT2D eigenvalue weighted by Crippen LogP contribution is -2.38. The third-order valence-corrected chi connectivity index (χ3v) is 5.28. The first-order valence-corrected chi connectivity index (χ1v) is 8.52. The predicted octanol–water partition coefficient (Wildman–Crippen LogP) is 3.07. The maximum atomic E-state index is 12.6. The minimum absolute atomic E-state index is 0.0570. The molecule has 110 valence electrons. The smallest absolute Gasteiger partial charge is 0.239 e. The van der Waals surface area contributed by atoms with Crippen LogP contribution in [0.15, 0.2) is 48.5 Å². The number of hydrogen-bond acceptors (Lipinski definition) is 3. The SMILES string of the molecule is O=S(=O)(Cc1ccc(Cl)cc1)N1CCOc2ccccc21. The number of sulfonamides is 1. The summed E-state index contributed by atoms with van der Waals surface area (Å²) in [5.41, 5.74) is 1.31. The van der Waals surface area contributed by atoms with E-state index in [9.17, 15) is 8.42 Å². The zero-order valence-corrected chi connectivity index (χ0v) is 12.8. The van der Waals surface area contributed by atoms with Crippen molar-refractivity contribution in [1.82, 2.24) is 0 Å². The summed E-state index contributed by atoms with van der Waals surface area (Å²) in [6.07, 6.45) is 0. The van der Waals surface area contributed by atoms with Crippen LogP contribution >= 0.6 is 11.6 Å². The highest BCUT2D eigenvalue weighted by Crippen LogP contribution is 2.33. The molecule has 2 aromatic rings. The Morgan fingerprint density at radius 1 is 1.10 bits per heavy atom. The van der Waals surface area contributed by atoms with Gasteiger partial charge in [-0.1, -0.05) is 35.9 Å². The molecule has 0 aliphatic carbocycles. The number of anilines is 1. The van der Waals surface area contributed by atoms with Crippen LogP contribution in [0.4, 0.5) is 5.69 Å². The zero-order chi connectivity index (χ0) is 14.9. The fourth-order valence-electron chi connectivity index (χ4n) is 2.30. The summed E-state index contributed by atoms with van der Waals surface area (Å²) in [6, 6.07) is 14.0. The molecule has 0 spiro atoms. The average molecular weight is 324 g/mol. The van der Waals surface area contributed by atoms with Gasteiger partial charge >= 0.3 is 0 Å². The molecule has 21 heavy (non-hydrogen) atoms. The fourth-order valence-corrected chi connectivity index (χ4v) is 4.00. The van der Waals surface area contributed by atoms with Gasteiger partial charge in [-0.15, -0.1) is 0 Å². The van der Waals surface area contributed by atoms with Crippen molar-refractivity contribution >= 4 is 27.3 Å². The number of fused-ring (bicyclic) bond motifs is 1. The maximum Gasteiger partial charge on any atom is 0.239 e. The van der Waals surface area contributed by atoms with Gasteiger partial charge in [-0.25, -0.2) is 8.42 Å². The van der Waals surface area contributed by atoms with E-state index in [1.165, 1.54) is 4.31 Å². The maximum absolute atomic E-state index is 12.6. The molecule has 0 saturated carbocycles. The van der Waals surface area contributed by atoms with Gasteiger partial charge in [0.15, 0.2) is 0 Å². The molecule has 3 rings (SSSR count). The summed E-state index contributed by atoms with van der Waals surface area (Å²) >= 11 is 5.82. The number of rotatable bonds is 3. The third kappa shape index (κ3) is 2.99. The van der Waals surface area contributed by atoms with Crippen molar-refractivity contribution in [2.45, 2.75) is 5.75 Å². The Bertz CT molecular complexity index is 744. The van der Waals surface area contributed by atoms with Gasteiger partial charge in [0.2, 0.25) is 10.0 Å². The normalized spacial score (nSPS) is 14.4. The van der Waals surface area contributed by atoms with E-state index in [4.69, 9.17) is 16.3 Å². The van der Waals surface area contributed by atoms with Crippen molar-refractivity contribution in [3.05, 3.63) is 59.1 Å². The van der Waals surface area contributed by atoms with Crippen LogP contribution in [0, 0.1) is 0 Å². The van der Waals surface area contributed by atoms with Crippen LogP contribution in [-0.4, -0.2) is 21.6 Å². The van der Waals surface area contributed by atoms with Gasteiger partial charge in [0.25, 0.3) is 0 Å². The summed E-state index contributed by atoms with van der Waals surface area (Å²) in [6.45, 7) is 0.684. The number of benzene rings is 2. The summed E-state index contributed by atoms with van der Waals surface area (Å²) in [4.78, 5) is 0. The molecule has 2 aromatic carbocycles. The van der Waals surface area contributed by atoms with Gasteiger partial charge in [0, 0.05) is 5.02 Å². The number of halogens is 1. The molecule has 1 aliphatic rings. The van der Waals surface area contributed by atoms with Gasteiger partial charge in [0.1, 0.15) is 12.4 Å². The summed E-state index contributed by atoms with van der Waals surface area (Å²) < 4.78 is 32.2. The Morgan fingerprint density at radius 3 is 2.57 bits per heavy atom. The van der Waals surface area contributed by atoms with Crippen LogP contribution in [0.1, 0.15) is 5.56 Å². The quantitative estimate of drug-likeness (QED) is 0.872. The lowest BCUT2D eigenvalue weighted by Gasteiger charge is -2.30. The fraction of sp³-hybridized carbons (Fsp3) is 0.200. The number of hydrogen-bond donors (Lipinski definition) is 0. The highest BCUT2D eigenvalue weighted by molar-refractivity contribution is 7.92. The topological polar surface area (TPSA) is 46.6 Å². The Kier molecular flexibility index (Phi) is 3.78. The predicted molar refractivity (Wildman–Crippen MR) is 83.4 cm³/mol. The second-order valence-corrected chi connectivity index (χ2v) is 7.10. The molecule has 1 heterocycles. The highest BCUT2D eigenvalue weighted by Gasteiger charge is 2.28. The van der Waals surface area contributed by atoms with E-state index in [0.29, 0.717) is 35.2 Å². The molecule has 0 unspecified atom stereocenters. The molecule has 0 bridgehead atoms. The second-order valence-electron chi connectivity index (χ2n) is 4.77. The molecule has 6 heteroatoms. The van der Waals surface area contributed by atoms with Gasteiger partial charge in [-0.2, -0.15) is 0 Å². The molecule has 0 atom stereocenters. The Labute approximate surface area is 129 Å². The standard InChI is InChI=1S/C15H14ClNO3S/c16-13-7-5-12(6-8-13)11-21(18,19)17-9-10-20-15-4-2-1-3-14(15)17/h1-8H,9-11H2. The van der Waals surface area contributed by atoms with Gasteiger partial charge in [-0.3, -0.25) is 4.31 Å². The van der Waals surface area contributed by atoms with Crippen molar-refractivity contribution < 1.29 is 13.2 Å². The second kappa shape index (κ2) is 5.58. The first-order chi connectivity index (χ1) is 10.1.